The minimum atomic E-state index is -1.12. The van der Waals surface area contributed by atoms with Gasteiger partial charge in [0, 0.05) is 36.5 Å². The first-order valence-corrected chi connectivity index (χ1v) is 11.1. The van der Waals surface area contributed by atoms with Crippen molar-refractivity contribution >= 4 is 29.3 Å². The van der Waals surface area contributed by atoms with Crippen LogP contribution >= 0.6 is 11.6 Å². The molecular formula is C24H25ClN6O2. The van der Waals surface area contributed by atoms with Crippen LogP contribution in [0.25, 0.3) is 0 Å². The zero-order valence-electron chi connectivity index (χ0n) is 18.1. The van der Waals surface area contributed by atoms with E-state index in [0.29, 0.717) is 23.4 Å². The van der Waals surface area contributed by atoms with Crippen LogP contribution in [0.15, 0.2) is 59.7 Å². The Morgan fingerprint density at radius 3 is 2.76 bits per heavy atom. The summed E-state index contributed by atoms with van der Waals surface area (Å²) in [5.41, 5.74) is 9.85. The van der Waals surface area contributed by atoms with Gasteiger partial charge in [-0.25, -0.2) is 4.99 Å². The fourth-order valence-electron chi connectivity index (χ4n) is 3.90. The minimum Gasteiger partial charge on any atom is -0.495 e. The van der Waals surface area contributed by atoms with Crippen LogP contribution in [-0.2, 0) is 12.3 Å². The minimum absolute atomic E-state index is 0.323. The highest BCUT2D eigenvalue weighted by atomic mass is 35.5. The van der Waals surface area contributed by atoms with Crippen molar-refractivity contribution in [2.24, 2.45) is 10.7 Å². The molecule has 1 atom stereocenters. The molecule has 0 bridgehead atoms. The predicted octanol–water partition coefficient (Wildman–Crippen LogP) is 3.32. The number of anilines is 2. The SMILES string of the molecule is COc1cc2c(cc1NC1CNC1)C(N)(c1ccc(OCc3ccccn3)c(Cl)c1)N=CN2. The van der Waals surface area contributed by atoms with Crippen molar-refractivity contribution in [1.82, 2.24) is 10.3 Å². The molecule has 3 aromatic rings. The van der Waals surface area contributed by atoms with Crippen LogP contribution in [0.4, 0.5) is 11.4 Å². The molecular weight excluding hydrogens is 440 g/mol. The predicted molar refractivity (Wildman–Crippen MR) is 130 cm³/mol. The maximum atomic E-state index is 6.89. The number of benzene rings is 2. The standard InChI is InChI=1S/C24H25ClN6O2/c1-32-23-10-20-18(9-21(23)31-17-11-27-12-17)24(26,30-14-29-20)15-5-6-22(19(25)8-15)33-13-16-4-2-3-7-28-16/h2-10,14,17,27,31H,11-13,26H2,1H3,(H,29,30). The molecule has 170 valence electrons. The van der Waals surface area contributed by atoms with E-state index in [2.05, 4.69) is 25.9 Å². The van der Waals surface area contributed by atoms with E-state index in [1.165, 1.54) is 0 Å². The average molecular weight is 465 g/mol. The molecule has 5 N–H and O–H groups in total. The van der Waals surface area contributed by atoms with Crippen LogP contribution in [0.2, 0.25) is 5.02 Å². The van der Waals surface area contributed by atoms with Gasteiger partial charge in [0.2, 0.25) is 0 Å². The van der Waals surface area contributed by atoms with Crippen LogP contribution < -0.4 is 31.2 Å². The van der Waals surface area contributed by atoms with E-state index in [0.717, 1.165) is 47.0 Å². The molecule has 2 aliphatic heterocycles. The number of fused-ring (bicyclic) bond motifs is 1. The normalized spacial score (nSPS) is 19.2. The van der Waals surface area contributed by atoms with Crippen molar-refractivity contribution in [2.75, 3.05) is 30.8 Å². The lowest BCUT2D eigenvalue weighted by Gasteiger charge is -2.34. The van der Waals surface area contributed by atoms with Gasteiger partial charge in [0.1, 0.15) is 18.1 Å². The zero-order valence-corrected chi connectivity index (χ0v) is 18.9. The lowest BCUT2D eigenvalue weighted by Crippen LogP contribution is -2.51. The van der Waals surface area contributed by atoms with Crippen LogP contribution in [0.5, 0.6) is 11.5 Å². The molecule has 1 unspecified atom stereocenters. The topological polar surface area (TPSA) is 106 Å². The van der Waals surface area contributed by atoms with Crippen molar-refractivity contribution in [2.45, 2.75) is 18.3 Å². The van der Waals surface area contributed by atoms with E-state index in [-0.39, 0.29) is 0 Å². The van der Waals surface area contributed by atoms with Gasteiger partial charge in [0.25, 0.3) is 0 Å². The summed E-state index contributed by atoms with van der Waals surface area (Å²) in [5.74, 6) is 1.30. The molecule has 33 heavy (non-hydrogen) atoms. The van der Waals surface area contributed by atoms with E-state index < -0.39 is 5.66 Å². The van der Waals surface area contributed by atoms with Gasteiger partial charge in [0.05, 0.1) is 41.6 Å². The number of nitrogens with one attached hydrogen (secondary N) is 3. The van der Waals surface area contributed by atoms with Crippen LogP contribution in [-0.4, -0.2) is 37.6 Å². The zero-order chi connectivity index (χ0) is 22.8. The van der Waals surface area contributed by atoms with Gasteiger partial charge in [0.15, 0.2) is 5.66 Å². The Hall–Kier alpha value is -3.33. The Balaban J connectivity index is 1.45. The lowest BCUT2D eigenvalue weighted by atomic mass is 9.89. The fraction of sp³-hybridized carbons (Fsp3) is 0.250. The molecule has 9 heteroatoms. The van der Waals surface area contributed by atoms with Crippen molar-refractivity contribution in [1.29, 1.82) is 0 Å². The second-order valence-corrected chi connectivity index (χ2v) is 8.43. The van der Waals surface area contributed by atoms with Crippen molar-refractivity contribution in [3.63, 3.8) is 0 Å². The first-order chi connectivity index (χ1) is 16.1. The molecule has 2 aliphatic rings. The molecule has 0 spiro atoms. The Morgan fingerprint density at radius 1 is 1.18 bits per heavy atom. The summed E-state index contributed by atoms with van der Waals surface area (Å²) in [5, 5.41) is 10.4. The van der Waals surface area contributed by atoms with E-state index >= 15 is 0 Å². The monoisotopic (exact) mass is 464 g/mol. The summed E-state index contributed by atoms with van der Waals surface area (Å²) >= 11 is 6.57. The third-order valence-corrected chi connectivity index (χ3v) is 6.15. The van der Waals surface area contributed by atoms with Gasteiger partial charge >= 0.3 is 0 Å². The Kier molecular flexibility index (Phi) is 5.80. The van der Waals surface area contributed by atoms with Gasteiger partial charge in [-0.2, -0.15) is 0 Å². The van der Waals surface area contributed by atoms with E-state index in [9.17, 15) is 0 Å². The van der Waals surface area contributed by atoms with Gasteiger partial charge in [-0.1, -0.05) is 23.7 Å². The maximum Gasteiger partial charge on any atom is 0.163 e. The van der Waals surface area contributed by atoms with Gasteiger partial charge < -0.3 is 25.4 Å². The summed E-state index contributed by atoms with van der Waals surface area (Å²) in [7, 11) is 1.65. The number of nitrogens with zero attached hydrogens (tertiary/aromatic N) is 2. The summed E-state index contributed by atoms with van der Waals surface area (Å²) in [6.45, 7) is 2.13. The third-order valence-electron chi connectivity index (χ3n) is 5.85. The number of halogens is 1. The van der Waals surface area contributed by atoms with E-state index in [1.807, 2.05) is 42.5 Å². The average Bonchev–Trinajstić information content (AvgIpc) is 2.81. The Morgan fingerprint density at radius 2 is 2.06 bits per heavy atom. The highest BCUT2D eigenvalue weighted by Gasteiger charge is 2.35. The molecule has 0 radical (unpaired) electrons. The molecule has 0 aliphatic carbocycles. The maximum absolute atomic E-state index is 6.89. The molecule has 1 fully saturated rings. The Bertz CT molecular complexity index is 1190. The molecule has 8 nitrogen and oxygen atoms in total. The molecule has 3 heterocycles. The van der Waals surface area contributed by atoms with E-state index in [4.69, 9.17) is 26.8 Å². The van der Waals surface area contributed by atoms with Crippen LogP contribution in [0.1, 0.15) is 16.8 Å². The van der Waals surface area contributed by atoms with Crippen LogP contribution in [0, 0.1) is 0 Å². The van der Waals surface area contributed by atoms with Crippen molar-refractivity contribution < 1.29 is 9.47 Å². The number of aliphatic imine (C=N–C) groups is 1. The Labute approximate surface area is 197 Å². The largest absolute Gasteiger partial charge is 0.495 e. The number of methoxy groups -OCH3 is 1. The van der Waals surface area contributed by atoms with Gasteiger partial charge in [-0.05, 0) is 30.3 Å². The number of hydrogen-bond donors (Lipinski definition) is 4. The summed E-state index contributed by atoms with van der Waals surface area (Å²) < 4.78 is 11.5. The second kappa shape index (κ2) is 8.90. The molecule has 1 aromatic heterocycles. The quantitative estimate of drug-likeness (QED) is 0.425. The fourth-order valence-corrected chi connectivity index (χ4v) is 4.14. The number of pyridine rings is 1. The molecule has 1 saturated heterocycles. The molecule has 0 saturated carbocycles. The van der Waals surface area contributed by atoms with E-state index in [1.54, 1.807) is 25.7 Å². The van der Waals surface area contributed by atoms with Crippen LogP contribution in [0.3, 0.4) is 0 Å². The number of hydrogen-bond acceptors (Lipinski definition) is 8. The van der Waals surface area contributed by atoms with Crippen molar-refractivity contribution in [3.8, 4) is 11.5 Å². The molecule has 5 rings (SSSR count). The second-order valence-electron chi connectivity index (χ2n) is 8.02. The number of aromatic nitrogens is 1. The first-order valence-electron chi connectivity index (χ1n) is 10.7. The van der Waals surface area contributed by atoms with Gasteiger partial charge in [-0.3, -0.25) is 10.7 Å². The summed E-state index contributed by atoms with van der Waals surface area (Å²) in [6, 6.07) is 15.5. The lowest BCUT2D eigenvalue weighted by molar-refractivity contribution is 0.301. The summed E-state index contributed by atoms with van der Waals surface area (Å²) in [4.78, 5) is 8.87. The summed E-state index contributed by atoms with van der Waals surface area (Å²) in [6.07, 6.45) is 3.33. The molecule has 2 aromatic carbocycles. The van der Waals surface area contributed by atoms with Gasteiger partial charge in [-0.15, -0.1) is 0 Å². The smallest absolute Gasteiger partial charge is 0.163 e. The first kappa shape index (κ1) is 21.5. The number of nitrogens with two attached hydrogens (primary N) is 1. The number of ether oxygens (including phenoxy) is 2. The molecule has 0 amide bonds. The van der Waals surface area contributed by atoms with Crippen molar-refractivity contribution in [3.05, 3.63) is 76.6 Å². The highest BCUT2D eigenvalue weighted by Crippen LogP contribution is 2.43. The third kappa shape index (κ3) is 4.20. The highest BCUT2D eigenvalue weighted by molar-refractivity contribution is 6.32. The number of rotatable bonds is 7.